The van der Waals surface area contributed by atoms with E-state index in [0.717, 1.165) is 11.8 Å². The van der Waals surface area contributed by atoms with Gasteiger partial charge >= 0.3 is 0 Å². The minimum absolute atomic E-state index is 0.0121. The molecule has 0 aliphatic rings. The third kappa shape index (κ3) is 5.52. The van der Waals surface area contributed by atoms with Gasteiger partial charge in [0.1, 0.15) is 5.75 Å². The maximum absolute atomic E-state index is 12.6. The molecular formula is C18H24N2O5S2. The number of methoxy groups -OCH3 is 1. The Morgan fingerprint density at radius 1 is 1.00 bits per heavy atom. The normalized spacial score (nSPS) is 13.5. The molecule has 0 saturated heterocycles. The van der Waals surface area contributed by atoms with Gasteiger partial charge in [-0.15, -0.1) is 0 Å². The van der Waals surface area contributed by atoms with E-state index in [1.54, 1.807) is 7.11 Å². The standard InChI is InChI=1S/C18H24N2O5S2/c1-20(2)18(14-6-5-7-15(12-14)25-3)13-19-27(23,24)17-10-8-16(9-11-17)26(4,21)22/h5-12,18-19H,13H2,1-4H3. The lowest BCUT2D eigenvalue weighted by Crippen LogP contribution is -2.34. The number of rotatable bonds is 8. The van der Waals surface area contributed by atoms with Crippen LogP contribution in [0.2, 0.25) is 0 Å². The predicted octanol–water partition coefficient (Wildman–Crippen LogP) is 1.68. The van der Waals surface area contributed by atoms with Gasteiger partial charge in [-0.3, -0.25) is 0 Å². The first-order chi connectivity index (χ1) is 12.5. The van der Waals surface area contributed by atoms with Crippen molar-refractivity contribution in [2.45, 2.75) is 15.8 Å². The molecule has 7 nitrogen and oxygen atoms in total. The SMILES string of the molecule is COc1cccc(C(CNS(=O)(=O)c2ccc(S(C)(=O)=O)cc2)N(C)C)c1. The highest BCUT2D eigenvalue weighted by molar-refractivity contribution is 7.90. The highest BCUT2D eigenvalue weighted by Crippen LogP contribution is 2.23. The minimum atomic E-state index is -3.78. The van der Waals surface area contributed by atoms with Gasteiger partial charge in [0.2, 0.25) is 10.0 Å². The lowest BCUT2D eigenvalue weighted by molar-refractivity contribution is 0.298. The van der Waals surface area contributed by atoms with E-state index < -0.39 is 19.9 Å². The lowest BCUT2D eigenvalue weighted by Gasteiger charge is -2.25. The van der Waals surface area contributed by atoms with Crippen molar-refractivity contribution in [2.75, 3.05) is 34.0 Å². The second-order valence-corrected chi connectivity index (χ2v) is 10.1. The Labute approximate surface area is 160 Å². The summed E-state index contributed by atoms with van der Waals surface area (Å²) in [4.78, 5) is 1.99. The van der Waals surface area contributed by atoms with Crippen molar-refractivity contribution in [1.82, 2.24) is 9.62 Å². The molecule has 148 valence electrons. The molecule has 1 N–H and O–H groups in total. The number of hydrogen-bond acceptors (Lipinski definition) is 6. The maximum atomic E-state index is 12.6. The fraction of sp³-hybridized carbons (Fsp3) is 0.333. The number of ether oxygens (including phenoxy) is 1. The second-order valence-electron chi connectivity index (χ2n) is 6.35. The molecule has 0 aliphatic carbocycles. The minimum Gasteiger partial charge on any atom is -0.497 e. The molecule has 2 rings (SSSR count). The molecule has 1 unspecified atom stereocenters. The predicted molar refractivity (Wildman–Crippen MR) is 104 cm³/mol. The third-order valence-electron chi connectivity index (χ3n) is 4.13. The van der Waals surface area contributed by atoms with Gasteiger partial charge in [0.25, 0.3) is 0 Å². The number of nitrogens with zero attached hydrogens (tertiary/aromatic N) is 1. The molecule has 0 saturated carbocycles. The topological polar surface area (TPSA) is 92.8 Å². The second kappa shape index (κ2) is 8.39. The van der Waals surface area contributed by atoms with Crippen molar-refractivity contribution in [1.29, 1.82) is 0 Å². The van der Waals surface area contributed by atoms with Gasteiger partial charge in [-0.25, -0.2) is 21.6 Å². The highest BCUT2D eigenvalue weighted by atomic mass is 32.2. The third-order valence-corrected chi connectivity index (χ3v) is 6.70. The summed E-state index contributed by atoms with van der Waals surface area (Å²) in [6.07, 6.45) is 1.07. The van der Waals surface area contributed by atoms with Crippen LogP contribution >= 0.6 is 0 Å². The number of likely N-dealkylation sites (N-methyl/N-ethyl adjacent to an activating group) is 1. The quantitative estimate of drug-likeness (QED) is 0.709. The Bertz CT molecular complexity index is 985. The van der Waals surface area contributed by atoms with Crippen LogP contribution in [0.25, 0.3) is 0 Å². The molecule has 0 spiro atoms. The zero-order chi connectivity index (χ0) is 20.2. The molecule has 9 heteroatoms. The maximum Gasteiger partial charge on any atom is 0.240 e. The smallest absolute Gasteiger partial charge is 0.240 e. The van der Waals surface area contributed by atoms with Gasteiger partial charge in [0, 0.05) is 18.8 Å². The molecule has 27 heavy (non-hydrogen) atoms. The zero-order valence-corrected chi connectivity index (χ0v) is 17.3. The van der Waals surface area contributed by atoms with E-state index in [1.807, 2.05) is 43.3 Å². The van der Waals surface area contributed by atoms with Crippen LogP contribution in [-0.4, -0.2) is 55.7 Å². The van der Waals surface area contributed by atoms with Crippen LogP contribution in [0.1, 0.15) is 11.6 Å². The molecule has 2 aromatic carbocycles. The number of nitrogens with one attached hydrogen (secondary N) is 1. The number of sulfonamides is 1. The fourth-order valence-electron chi connectivity index (χ4n) is 2.59. The summed E-state index contributed by atoms with van der Waals surface area (Å²) in [5.41, 5.74) is 0.912. The summed E-state index contributed by atoms with van der Waals surface area (Å²) < 4.78 is 56.0. The Morgan fingerprint density at radius 2 is 1.59 bits per heavy atom. The zero-order valence-electron chi connectivity index (χ0n) is 15.7. The van der Waals surface area contributed by atoms with E-state index in [9.17, 15) is 16.8 Å². The molecule has 0 fully saturated rings. The van der Waals surface area contributed by atoms with Crippen LogP contribution in [0.5, 0.6) is 5.75 Å². The van der Waals surface area contributed by atoms with Gasteiger partial charge in [0.15, 0.2) is 9.84 Å². The average Bonchev–Trinajstić information content (AvgIpc) is 2.61. The summed E-state index contributed by atoms with van der Waals surface area (Å²) in [7, 11) is -1.86. The first-order valence-corrected chi connectivity index (χ1v) is 11.5. The van der Waals surface area contributed by atoms with E-state index in [2.05, 4.69) is 4.72 Å². The van der Waals surface area contributed by atoms with Crippen LogP contribution in [0, 0.1) is 0 Å². The average molecular weight is 413 g/mol. The van der Waals surface area contributed by atoms with Crippen LogP contribution in [0.4, 0.5) is 0 Å². The Morgan fingerprint density at radius 3 is 2.11 bits per heavy atom. The Hall–Kier alpha value is -1.94. The van der Waals surface area contributed by atoms with Gasteiger partial charge in [-0.1, -0.05) is 12.1 Å². The molecular weight excluding hydrogens is 388 g/mol. The van der Waals surface area contributed by atoms with Crippen molar-refractivity contribution in [2.24, 2.45) is 0 Å². The van der Waals surface area contributed by atoms with Crippen molar-refractivity contribution in [3.05, 3.63) is 54.1 Å². The summed E-state index contributed by atoms with van der Waals surface area (Å²) in [6.45, 7) is 0.149. The molecule has 0 heterocycles. The van der Waals surface area contributed by atoms with Crippen molar-refractivity contribution in [3.8, 4) is 5.75 Å². The van der Waals surface area contributed by atoms with Crippen LogP contribution in [-0.2, 0) is 19.9 Å². The fourth-order valence-corrected chi connectivity index (χ4v) is 4.25. The highest BCUT2D eigenvalue weighted by Gasteiger charge is 2.20. The molecule has 0 aromatic heterocycles. The van der Waals surface area contributed by atoms with E-state index >= 15 is 0 Å². The molecule has 0 bridgehead atoms. The van der Waals surface area contributed by atoms with Crippen molar-refractivity contribution < 1.29 is 21.6 Å². The molecule has 1 atom stereocenters. The number of hydrogen-bond donors (Lipinski definition) is 1. The summed E-state index contributed by atoms with van der Waals surface area (Å²) in [5, 5.41) is 0. The summed E-state index contributed by atoms with van der Waals surface area (Å²) >= 11 is 0. The molecule has 0 aliphatic heterocycles. The monoisotopic (exact) mass is 412 g/mol. The van der Waals surface area contributed by atoms with Crippen molar-refractivity contribution >= 4 is 19.9 Å². The van der Waals surface area contributed by atoms with Crippen LogP contribution in [0.3, 0.4) is 0 Å². The number of benzene rings is 2. The molecule has 0 radical (unpaired) electrons. The molecule has 0 amide bonds. The van der Waals surface area contributed by atoms with Gasteiger partial charge < -0.3 is 9.64 Å². The Balaban J connectivity index is 2.20. The summed E-state index contributed by atoms with van der Waals surface area (Å²) in [6, 6.07) is 12.4. The Kier molecular flexibility index (Phi) is 6.63. The van der Waals surface area contributed by atoms with E-state index in [-0.39, 0.29) is 22.4 Å². The van der Waals surface area contributed by atoms with Crippen LogP contribution < -0.4 is 9.46 Å². The number of sulfone groups is 1. The van der Waals surface area contributed by atoms with Crippen LogP contribution in [0.15, 0.2) is 58.3 Å². The largest absolute Gasteiger partial charge is 0.497 e. The summed E-state index contributed by atoms with van der Waals surface area (Å²) in [5.74, 6) is 0.693. The van der Waals surface area contributed by atoms with Gasteiger partial charge in [-0.05, 0) is 56.1 Å². The molecule has 2 aromatic rings. The van der Waals surface area contributed by atoms with E-state index in [1.165, 1.54) is 24.3 Å². The van der Waals surface area contributed by atoms with Crippen molar-refractivity contribution in [3.63, 3.8) is 0 Å². The van der Waals surface area contributed by atoms with E-state index in [4.69, 9.17) is 4.74 Å². The van der Waals surface area contributed by atoms with E-state index in [0.29, 0.717) is 5.75 Å². The van der Waals surface area contributed by atoms with Gasteiger partial charge in [-0.2, -0.15) is 0 Å². The lowest BCUT2D eigenvalue weighted by atomic mass is 10.1. The first kappa shape index (κ1) is 21.4. The van der Waals surface area contributed by atoms with Gasteiger partial charge in [0.05, 0.1) is 16.9 Å². The first-order valence-electron chi connectivity index (χ1n) is 8.15.